The number of amides is 1. The summed E-state index contributed by atoms with van der Waals surface area (Å²) < 4.78 is 0. The Hall–Kier alpha value is -1.04. The van der Waals surface area contributed by atoms with Gasteiger partial charge < -0.3 is 4.90 Å². The highest BCUT2D eigenvalue weighted by Gasteiger charge is 2.41. The SMILES string of the molecule is CC(C)CN(CC(C)C)C(=O)C1(C#N)CCCCCC1. The molecule has 0 saturated heterocycles. The van der Waals surface area contributed by atoms with Gasteiger partial charge in [-0.3, -0.25) is 4.79 Å². The van der Waals surface area contributed by atoms with Crippen LogP contribution in [0, 0.1) is 28.6 Å². The van der Waals surface area contributed by atoms with Gasteiger partial charge in [-0.25, -0.2) is 0 Å². The molecule has 1 aliphatic rings. The van der Waals surface area contributed by atoms with Gasteiger partial charge in [0.1, 0.15) is 5.41 Å². The van der Waals surface area contributed by atoms with Crippen LogP contribution >= 0.6 is 0 Å². The molecule has 3 heteroatoms. The van der Waals surface area contributed by atoms with E-state index in [1.165, 1.54) is 0 Å². The molecular weight excluding hydrogens is 248 g/mol. The highest BCUT2D eigenvalue weighted by Crippen LogP contribution is 2.36. The maximum absolute atomic E-state index is 13.0. The number of carbonyl (C=O) groups excluding carboxylic acids is 1. The van der Waals surface area contributed by atoms with Gasteiger partial charge in [0, 0.05) is 13.1 Å². The summed E-state index contributed by atoms with van der Waals surface area (Å²) >= 11 is 0. The smallest absolute Gasteiger partial charge is 0.243 e. The van der Waals surface area contributed by atoms with E-state index in [-0.39, 0.29) is 5.91 Å². The lowest BCUT2D eigenvalue weighted by atomic mass is 9.80. The standard InChI is InChI=1S/C17H30N2O/c1-14(2)11-19(12-15(3)4)16(20)17(13-18)9-7-5-6-8-10-17/h14-15H,5-12H2,1-4H3. The highest BCUT2D eigenvalue weighted by atomic mass is 16.2. The van der Waals surface area contributed by atoms with Crippen molar-refractivity contribution in [3.05, 3.63) is 0 Å². The molecule has 1 saturated carbocycles. The second kappa shape index (κ2) is 7.67. The minimum Gasteiger partial charge on any atom is -0.341 e. The summed E-state index contributed by atoms with van der Waals surface area (Å²) in [6.45, 7) is 10.1. The van der Waals surface area contributed by atoms with E-state index in [1.807, 2.05) is 4.90 Å². The topological polar surface area (TPSA) is 44.1 Å². The lowest BCUT2D eigenvalue weighted by molar-refractivity contribution is -0.140. The van der Waals surface area contributed by atoms with E-state index in [0.717, 1.165) is 51.6 Å². The molecule has 0 aliphatic heterocycles. The first-order valence-corrected chi connectivity index (χ1v) is 8.12. The lowest BCUT2D eigenvalue weighted by Crippen LogP contribution is -2.46. The first kappa shape index (κ1) is 17.0. The zero-order valence-electron chi connectivity index (χ0n) is 13.6. The van der Waals surface area contributed by atoms with Crippen molar-refractivity contribution in [1.82, 2.24) is 4.90 Å². The maximum atomic E-state index is 13.0. The maximum Gasteiger partial charge on any atom is 0.243 e. The molecule has 0 N–H and O–H groups in total. The molecule has 0 aromatic rings. The van der Waals surface area contributed by atoms with E-state index in [4.69, 9.17) is 0 Å². The van der Waals surface area contributed by atoms with Crippen molar-refractivity contribution in [2.24, 2.45) is 17.3 Å². The summed E-state index contributed by atoms with van der Waals surface area (Å²) in [5.41, 5.74) is -0.750. The third-order valence-corrected chi connectivity index (χ3v) is 4.04. The number of hydrogen-bond donors (Lipinski definition) is 0. The van der Waals surface area contributed by atoms with Gasteiger partial charge in [0.2, 0.25) is 5.91 Å². The van der Waals surface area contributed by atoms with Gasteiger partial charge in [0.15, 0.2) is 0 Å². The Morgan fingerprint density at radius 2 is 1.50 bits per heavy atom. The molecule has 1 amide bonds. The van der Waals surface area contributed by atoms with E-state index in [9.17, 15) is 10.1 Å². The van der Waals surface area contributed by atoms with E-state index in [2.05, 4.69) is 33.8 Å². The van der Waals surface area contributed by atoms with Crippen molar-refractivity contribution in [2.75, 3.05) is 13.1 Å². The van der Waals surface area contributed by atoms with Crippen LogP contribution in [-0.4, -0.2) is 23.9 Å². The molecule has 0 heterocycles. The fourth-order valence-electron chi connectivity index (χ4n) is 3.13. The van der Waals surface area contributed by atoms with Gasteiger partial charge in [-0.1, -0.05) is 53.4 Å². The highest BCUT2D eigenvalue weighted by molar-refractivity contribution is 5.85. The molecule has 20 heavy (non-hydrogen) atoms. The number of rotatable bonds is 5. The van der Waals surface area contributed by atoms with Crippen molar-refractivity contribution in [3.63, 3.8) is 0 Å². The van der Waals surface area contributed by atoms with Gasteiger partial charge >= 0.3 is 0 Å². The van der Waals surface area contributed by atoms with Crippen molar-refractivity contribution in [2.45, 2.75) is 66.2 Å². The van der Waals surface area contributed by atoms with Crippen molar-refractivity contribution < 1.29 is 4.79 Å². The molecule has 0 atom stereocenters. The molecule has 0 unspecified atom stereocenters. The van der Waals surface area contributed by atoms with Crippen LogP contribution in [0.2, 0.25) is 0 Å². The Kier molecular flexibility index (Phi) is 6.52. The lowest BCUT2D eigenvalue weighted by Gasteiger charge is -2.34. The second-order valence-electron chi connectivity index (χ2n) is 7.11. The minimum atomic E-state index is -0.750. The number of nitriles is 1. The summed E-state index contributed by atoms with van der Waals surface area (Å²) in [5, 5.41) is 9.66. The number of hydrogen-bond acceptors (Lipinski definition) is 2. The van der Waals surface area contributed by atoms with E-state index < -0.39 is 5.41 Å². The Morgan fingerprint density at radius 3 is 1.85 bits per heavy atom. The van der Waals surface area contributed by atoms with Gasteiger partial charge in [0.25, 0.3) is 0 Å². The average molecular weight is 278 g/mol. The van der Waals surface area contributed by atoms with Crippen LogP contribution in [-0.2, 0) is 4.79 Å². The Bertz CT molecular complexity index is 336. The van der Waals surface area contributed by atoms with Crippen LogP contribution in [0.25, 0.3) is 0 Å². The molecule has 0 radical (unpaired) electrons. The molecule has 3 nitrogen and oxygen atoms in total. The predicted octanol–water partition coefficient (Wildman–Crippen LogP) is 3.99. The summed E-state index contributed by atoms with van der Waals surface area (Å²) in [4.78, 5) is 14.9. The third-order valence-electron chi connectivity index (χ3n) is 4.04. The third kappa shape index (κ3) is 4.51. The van der Waals surface area contributed by atoms with Crippen LogP contribution in [0.4, 0.5) is 0 Å². The Morgan fingerprint density at radius 1 is 1.05 bits per heavy atom. The Labute approximate surface area is 124 Å². The first-order chi connectivity index (χ1) is 9.41. The fourth-order valence-corrected chi connectivity index (χ4v) is 3.13. The quantitative estimate of drug-likeness (QED) is 0.714. The van der Waals surface area contributed by atoms with Gasteiger partial charge in [-0.15, -0.1) is 0 Å². The molecule has 1 rings (SSSR count). The van der Waals surface area contributed by atoms with Crippen LogP contribution in [0.1, 0.15) is 66.2 Å². The monoisotopic (exact) mass is 278 g/mol. The van der Waals surface area contributed by atoms with Crippen molar-refractivity contribution in [1.29, 1.82) is 5.26 Å². The average Bonchev–Trinajstić information content (AvgIpc) is 2.62. The van der Waals surface area contributed by atoms with Crippen LogP contribution < -0.4 is 0 Å². The fraction of sp³-hybridized carbons (Fsp3) is 0.882. The van der Waals surface area contributed by atoms with Gasteiger partial charge in [-0.2, -0.15) is 5.26 Å². The summed E-state index contributed by atoms with van der Waals surface area (Å²) in [5.74, 6) is 0.975. The van der Waals surface area contributed by atoms with Crippen molar-refractivity contribution in [3.8, 4) is 6.07 Å². The molecule has 114 valence electrons. The number of carbonyl (C=O) groups is 1. The zero-order chi connectivity index (χ0) is 15.2. The van der Waals surface area contributed by atoms with E-state index in [1.54, 1.807) is 0 Å². The molecule has 0 aromatic heterocycles. The predicted molar refractivity (Wildman–Crippen MR) is 82.0 cm³/mol. The molecular formula is C17H30N2O. The normalized spacial score (nSPS) is 18.6. The van der Waals surface area contributed by atoms with Gasteiger partial charge in [0.05, 0.1) is 6.07 Å². The Balaban J connectivity index is 2.91. The molecule has 0 spiro atoms. The molecule has 0 bridgehead atoms. The van der Waals surface area contributed by atoms with Gasteiger partial charge in [-0.05, 0) is 24.7 Å². The minimum absolute atomic E-state index is 0.0873. The molecule has 1 fully saturated rings. The van der Waals surface area contributed by atoms with E-state index in [0.29, 0.717) is 11.8 Å². The summed E-state index contributed by atoms with van der Waals surface area (Å²) in [6, 6.07) is 2.39. The summed E-state index contributed by atoms with van der Waals surface area (Å²) in [7, 11) is 0. The number of nitrogens with zero attached hydrogens (tertiary/aromatic N) is 2. The summed E-state index contributed by atoms with van der Waals surface area (Å²) in [6.07, 6.45) is 5.83. The first-order valence-electron chi connectivity index (χ1n) is 8.12. The second-order valence-corrected chi connectivity index (χ2v) is 7.11. The molecule has 0 aromatic carbocycles. The van der Waals surface area contributed by atoms with E-state index >= 15 is 0 Å². The molecule has 1 aliphatic carbocycles. The zero-order valence-corrected chi connectivity index (χ0v) is 13.6. The van der Waals surface area contributed by atoms with Crippen LogP contribution in [0.5, 0.6) is 0 Å². The van der Waals surface area contributed by atoms with Crippen LogP contribution in [0.3, 0.4) is 0 Å². The van der Waals surface area contributed by atoms with Crippen molar-refractivity contribution >= 4 is 5.91 Å². The largest absolute Gasteiger partial charge is 0.341 e. The van der Waals surface area contributed by atoms with Crippen LogP contribution in [0.15, 0.2) is 0 Å².